The first kappa shape index (κ1) is 16.5. The Morgan fingerprint density at radius 1 is 1.32 bits per heavy atom. The fraction of sp³-hybridized carbons (Fsp3) is 0.938. The third kappa shape index (κ3) is 5.13. The molecule has 1 saturated heterocycles. The van der Waals surface area contributed by atoms with Crippen molar-refractivity contribution >= 4 is 5.91 Å². The maximum absolute atomic E-state index is 12.3. The van der Waals surface area contributed by atoms with E-state index >= 15 is 0 Å². The van der Waals surface area contributed by atoms with Crippen LogP contribution in [0.3, 0.4) is 0 Å². The molecule has 0 aromatic carbocycles. The zero-order valence-electron chi connectivity index (χ0n) is 13.5. The Morgan fingerprint density at radius 3 is 2.58 bits per heavy atom. The van der Waals surface area contributed by atoms with Gasteiger partial charge in [0.15, 0.2) is 0 Å². The highest BCUT2D eigenvalue weighted by Gasteiger charge is 2.29. The minimum Gasteiger partial charge on any atom is -0.341 e. The van der Waals surface area contributed by atoms with Crippen molar-refractivity contribution < 1.29 is 4.79 Å². The predicted octanol–water partition coefficient (Wildman–Crippen LogP) is 3.05. The Balaban J connectivity index is 2.64. The van der Waals surface area contributed by atoms with Crippen molar-refractivity contribution in [3.8, 4) is 0 Å². The minimum absolute atomic E-state index is 0.314. The van der Waals surface area contributed by atoms with Gasteiger partial charge in [0.1, 0.15) is 0 Å². The van der Waals surface area contributed by atoms with Crippen molar-refractivity contribution in [1.82, 2.24) is 10.2 Å². The van der Waals surface area contributed by atoms with Gasteiger partial charge in [-0.15, -0.1) is 0 Å². The molecular weight excluding hydrogens is 236 g/mol. The average molecular weight is 268 g/mol. The van der Waals surface area contributed by atoms with Gasteiger partial charge in [-0.1, -0.05) is 41.0 Å². The van der Waals surface area contributed by atoms with E-state index in [4.69, 9.17) is 0 Å². The summed E-state index contributed by atoms with van der Waals surface area (Å²) in [6.45, 7) is 14.0. The number of hydrogen-bond acceptors (Lipinski definition) is 2. The Morgan fingerprint density at radius 2 is 2.00 bits per heavy atom. The summed E-state index contributed by atoms with van der Waals surface area (Å²) in [7, 11) is 0. The van der Waals surface area contributed by atoms with Gasteiger partial charge in [0.05, 0.1) is 0 Å². The maximum Gasteiger partial charge on any atom is 0.222 e. The third-order valence-corrected chi connectivity index (χ3v) is 4.64. The predicted molar refractivity (Wildman–Crippen MR) is 81.1 cm³/mol. The van der Waals surface area contributed by atoms with E-state index in [1.165, 1.54) is 0 Å². The summed E-state index contributed by atoms with van der Waals surface area (Å²) >= 11 is 0. The highest BCUT2D eigenvalue weighted by molar-refractivity contribution is 5.76. The molecular formula is C16H32N2O. The quantitative estimate of drug-likeness (QED) is 0.803. The molecule has 3 nitrogen and oxygen atoms in total. The van der Waals surface area contributed by atoms with Crippen LogP contribution in [-0.2, 0) is 4.79 Å². The monoisotopic (exact) mass is 268 g/mol. The van der Waals surface area contributed by atoms with Gasteiger partial charge in [-0.05, 0) is 30.7 Å². The first-order valence-corrected chi connectivity index (χ1v) is 7.90. The van der Waals surface area contributed by atoms with Crippen LogP contribution in [0.25, 0.3) is 0 Å². The Kier molecular flexibility index (Phi) is 6.31. The topological polar surface area (TPSA) is 32.3 Å². The molecule has 0 aromatic rings. The summed E-state index contributed by atoms with van der Waals surface area (Å²) in [6.07, 6.45) is 4.02. The van der Waals surface area contributed by atoms with Gasteiger partial charge >= 0.3 is 0 Å². The number of likely N-dealkylation sites (N-methyl/N-ethyl adjacent to an activating group) is 1. The van der Waals surface area contributed by atoms with E-state index in [2.05, 4.69) is 44.8 Å². The highest BCUT2D eigenvalue weighted by atomic mass is 16.2. The first-order valence-electron chi connectivity index (χ1n) is 7.90. The van der Waals surface area contributed by atoms with Gasteiger partial charge < -0.3 is 10.2 Å². The van der Waals surface area contributed by atoms with Crippen molar-refractivity contribution in [3.63, 3.8) is 0 Å². The summed E-state index contributed by atoms with van der Waals surface area (Å²) in [4.78, 5) is 14.3. The second-order valence-corrected chi connectivity index (χ2v) is 6.80. The molecule has 1 amide bonds. The normalized spacial score (nSPS) is 23.0. The van der Waals surface area contributed by atoms with Crippen molar-refractivity contribution in [2.24, 2.45) is 11.3 Å². The maximum atomic E-state index is 12.3. The largest absolute Gasteiger partial charge is 0.341 e. The molecule has 3 heteroatoms. The summed E-state index contributed by atoms with van der Waals surface area (Å²) in [5.41, 5.74) is 0.314. The van der Waals surface area contributed by atoms with E-state index in [-0.39, 0.29) is 0 Å². The van der Waals surface area contributed by atoms with Gasteiger partial charge in [0, 0.05) is 25.6 Å². The summed E-state index contributed by atoms with van der Waals surface area (Å²) in [5.74, 6) is 0.959. The smallest absolute Gasteiger partial charge is 0.222 e. The van der Waals surface area contributed by atoms with Crippen molar-refractivity contribution in [2.75, 3.05) is 19.6 Å². The number of nitrogens with one attached hydrogen (secondary N) is 1. The van der Waals surface area contributed by atoms with Gasteiger partial charge in [-0.25, -0.2) is 0 Å². The molecule has 0 radical (unpaired) electrons. The molecule has 1 fully saturated rings. The SMILES string of the molecule is CCNC(CN1CCC(C)(C)CCC1=O)C(C)CC. The Bertz CT molecular complexity index is 288. The van der Waals surface area contributed by atoms with E-state index in [1.807, 2.05) is 0 Å². The number of hydrogen-bond donors (Lipinski definition) is 1. The molecule has 2 unspecified atom stereocenters. The lowest BCUT2D eigenvalue weighted by molar-refractivity contribution is -0.131. The van der Waals surface area contributed by atoms with Gasteiger partial charge in [-0.3, -0.25) is 4.79 Å². The van der Waals surface area contributed by atoms with Crippen LogP contribution in [-0.4, -0.2) is 36.5 Å². The number of nitrogens with zero attached hydrogens (tertiary/aromatic N) is 1. The average Bonchev–Trinajstić information content (AvgIpc) is 2.50. The highest BCUT2D eigenvalue weighted by Crippen LogP contribution is 2.30. The van der Waals surface area contributed by atoms with Gasteiger partial charge in [0.2, 0.25) is 5.91 Å². The zero-order valence-corrected chi connectivity index (χ0v) is 13.5. The first-order chi connectivity index (χ1) is 8.89. The molecule has 112 valence electrons. The van der Waals surface area contributed by atoms with Crippen LogP contribution in [0.2, 0.25) is 0 Å². The second kappa shape index (κ2) is 7.28. The van der Waals surface area contributed by atoms with E-state index in [9.17, 15) is 4.79 Å². The number of amides is 1. The van der Waals surface area contributed by atoms with Crippen LogP contribution in [0.1, 0.15) is 60.3 Å². The lowest BCUT2D eigenvalue weighted by atomic mass is 9.85. The number of carbonyl (C=O) groups is 1. The fourth-order valence-corrected chi connectivity index (χ4v) is 2.71. The lowest BCUT2D eigenvalue weighted by Crippen LogP contribution is -2.46. The number of likely N-dealkylation sites (tertiary alicyclic amines) is 1. The molecule has 1 rings (SSSR count). The van der Waals surface area contributed by atoms with E-state index in [0.29, 0.717) is 29.7 Å². The molecule has 0 bridgehead atoms. The van der Waals surface area contributed by atoms with Crippen LogP contribution in [0.4, 0.5) is 0 Å². The molecule has 0 saturated carbocycles. The lowest BCUT2D eigenvalue weighted by Gasteiger charge is -2.31. The molecule has 1 aliphatic rings. The van der Waals surface area contributed by atoms with Crippen molar-refractivity contribution in [1.29, 1.82) is 0 Å². The Hall–Kier alpha value is -0.570. The summed E-state index contributed by atoms with van der Waals surface area (Å²) in [6, 6.07) is 0.431. The van der Waals surface area contributed by atoms with Crippen LogP contribution in [0.15, 0.2) is 0 Å². The van der Waals surface area contributed by atoms with E-state index < -0.39 is 0 Å². The van der Waals surface area contributed by atoms with Crippen LogP contribution < -0.4 is 5.32 Å². The second-order valence-electron chi connectivity index (χ2n) is 6.80. The fourth-order valence-electron chi connectivity index (χ4n) is 2.71. The van der Waals surface area contributed by atoms with Crippen molar-refractivity contribution in [3.05, 3.63) is 0 Å². The van der Waals surface area contributed by atoms with Crippen LogP contribution >= 0.6 is 0 Å². The molecule has 19 heavy (non-hydrogen) atoms. The van der Waals surface area contributed by atoms with Gasteiger partial charge in [0.25, 0.3) is 0 Å². The molecule has 1 N–H and O–H groups in total. The number of carbonyl (C=O) groups excluding carboxylic acids is 1. The molecule has 1 aliphatic heterocycles. The van der Waals surface area contributed by atoms with Crippen LogP contribution in [0.5, 0.6) is 0 Å². The molecule has 1 heterocycles. The molecule has 2 atom stereocenters. The number of rotatable bonds is 6. The van der Waals surface area contributed by atoms with E-state index in [1.54, 1.807) is 0 Å². The Labute approximate surface area is 119 Å². The zero-order chi connectivity index (χ0) is 14.5. The molecule has 0 spiro atoms. The summed E-state index contributed by atoms with van der Waals surface area (Å²) in [5, 5.41) is 3.55. The molecule has 0 aromatic heterocycles. The minimum atomic E-state index is 0.314. The standard InChI is InChI=1S/C16H32N2O/c1-6-13(3)14(17-7-2)12-18-11-10-16(4,5)9-8-15(18)19/h13-14,17H,6-12H2,1-5H3. The van der Waals surface area contributed by atoms with Gasteiger partial charge in [-0.2, -0.15) is 0 Å². The summed E-state index contributed by atoms with van der Waals surface area (Å²) < 4.78 is 0. The van der Waals surface area contributed by atoms with E-state index in [0.717, 1.165) is 38.9 Å². The third-order valence-electron chi connectivity index (χ3n) is 4.64. The van der Waals surface area contributed by atoms with Crippen LogP contribution in [0, 0.1) is 11.3 Å². The van der Waals surface area contributed by atoms with Crippen molar-refractivity contribution in [2.45, 2.75) is 66.3 Å². The molecule has 0 aliphatic carbocycles.